The zero-order valence-electron chi connectivity index (χ0n) is 16.2. The van der Waals surface area contributed by atoms with Crippen LogP contribution in [0.2, 0.25) is 0 Å². The standard InChI is InChI=1S/C21H25NO4S/c1-14-11-15(5-7-18(14)25-3)12-20(23)22-9-10-27-21(22)17-13-16(24-2)6-8-19(17)26-4/h5-8,11,13,21H,9-10,12H2,1-4H3. The van der Waals surface area contributed by atoms with Crippen molar-refractivity contribution >= 4 is 17.7 Å². The van der Waals surface area contributed by atoms with E-state index >= 15 is 0 Å². The SMILES string of the molecule is COc1ccc(OC)c(C2SCCN2C(=O)Cc2ccc(OC)c(C)c2)c1. The van der Waals surface area contributed by atoms with Crippen LogP contribution in [0.4, 0.5) is 0 Å². The lowest BCUT2D eigenvalue weighted by molar-refractivity contribution is -0.130. The fourth-order valence-electron chi connectivity index (χ4n) is 3.34. The van der Waals surface area contributed by atoms with Gasteiger partial charge in [-0.2, -0.15) is 0 Å². The third kappa shape index (κ3) is 4.16. The number of rotatable bonds is 6. The molecule has 144 valence electrons. The first-order valence-corrected chi connectivity index (χ1v) is 9.88. The maximum absolute atomic E-state index is 13.0. The topological polar surface area (TPSA) is 48.0 Å². The van der Waals surface area contributed by atoms with Gasteiger partial charge in [-0.05, 0) is 42.3 Å². The number of carbonyl (C=O) groups excluding carboxylic acids is 1. The van der Waals surface area contributed by atoms with E-state index in [1.807, 2.05) is 48.2 Å². The zero-order valence-corrected chi connectivity index (χ0v) is 17.0. The second-order valence-electron chi connectivity index (χ2n) is 6.40. The van der Waals surface area contributed by atoms with Crippen LogP contribution in [0, 0.1) is 6.92 Å². The molecule has 0 aromatic heterocycles. The Labute approximate surface area is 164 Å². The Hall–Kier alpha value is -2.34. The lowest BCUT2D eigenvalue weighted by Gasteiger charge is -2.26. The molecule has 2 aromatic rings. The summed E-state index contributed by atoms with van der Waals surface area (Å²) >= 11 is 1.75. The van der Waals surface area contributed by atoms with Gasteiger partial charge in [0.1, 0.15) is 22.6 Å². The van der Waals surface area contributed by atoms with Gasteiger partial charge in [-0.25, -0.2) is 0 Å². The Morgan fingerprint density at radius 1 is 1.07 bits per heavy atom. The van der Waals surface area contributed by atoms with Crippen molar-refractivity contribution in [1.82, 2.24) is 4.90 Å². The van der Waals surface area contributed by atoms with Gasteiger partial charge in [-0.1, -0.05) is 12.1 Å². The number of hydrogen-bond acceptors (Lipinski definition) is 5. The first kappa shape index (κ1) is 19.4. The minimum absolute atomic E-state index is 0.0677. The van der Waals surface area contributed by atoms with Gasteiger partial charge in [0, 0.05) is 17.9 Å². The molecule has 3 rings (SSSR count). The maximum Gasteiger partial charge on any atom is 0.228 e. The summed E-state index contributed by atoms with van der Waals surface area (Å²) in [7, 11) is 4.94. The van der Waals surface area contributed by atoms with Gasteiger partial charge in [0.25, 0.3) is 0 Å². The van der Waals surface area contributed by atoms with Crippen LogP contribution in [0.5, 0.6) is 17.2 Å². The predicted molar refractivity (Wildman–Crippen MR) is 108 cm³/mol. The Kier molecular flexibility index (Phi) is 6.16. The molecule has 1 atom stereocenters. The molecule has 1 saturated heterocycles. The quantitative estimate of drug-likeness (QED) is 0.754. The Morgan fingerprint density at radius 2 is 1.81 bits per heavy atom. The lowest BCUT2D eigenvalue weighted by Crippen LogP contribution is -2.31. The molecule has 0 radical (unpaired) electrons. The van der Waals surface area contributed by atoms with Crippen molar-refractivity contribution in [3.8, 4) is 17.2 Å². The second-order valence-corrected chi connectivity index (χ2v) is 7.59. The van der Waals surface area contributed by atoms with E-state index in [4.69, 9.17) is 14.2 Å². The maximum atomic E-state index is 13.0. The van der Waals surface area contributed by atoms with Crippen molar-refractivity contribution < 1.29 is 19.0 Å². The van der Waals surface area contributed by atoms with Gasteiger partial charge in [0.15, 0.2) is 0 Å². The summed E-state index contributed by atoms with van der Waals surface area (Å²) in [5.74, 6) is 3.38. The van der Waals surface area contributed by atoms with Crippen LogP contribution < -0.4 is 14.2 Å². The van der Waals surface area contributed by atoms with E-state index in [0.29, 0.717) is 6.42 Å². The number of thioether (sulfide) groups is 1. The van der Waals surface area contributed by atoms with Gasteiger partial charge < -0.3 is 19.1 Å². The molecule has 6 heteroatoms. The summed E-state index contributed by atoms with van der Waals surface area (Å²) in [6, 6.07) is 11.6. The summed E-state index contributed by atoms with van der Waals surface area (Å²) in [6.07, 6.45) is 0.369. The molecule has 27 heavy (non-hydrogen) atoms. The molecule has 0 N–H and O–H groups in total. The third-order valence-corrected chi connectivity index (χ3v) is 5.97. The van der Waals surface area contributed by atoms with E-state index in [0.717, 1.165) is 46.2 Å². The molecule has 0 aliphatic carbocycles. The number of ether oxygens (including phenoxy) is 3. The van der Waals surface area contributed by atoms with Crippen molar-refractivity contribution in [1.29, 1.82) is 0 Å². The number of carbonyl (C=O) groups is 1. The minimum atomic E-state index is -0.0677. The van der Waals surface area contributed by atoms with E-state index < -0.39 is 0 Å². The van der Waals surface area contributed by atoms with E-state index in [1.54, 1.807) is 33.1 Å². The molecule has 2 aromatic carbocycles. The molecule has 1 amide bonds. The van der Waals surface area contributed by atoms with Crippen LogP contribution in [-0.2, 0) is 11.2 Å². The normalized spacial score (nSPS) is 16.3. The number of methoxy groups -OCH3 is 3. The largest absolute Gasteiger partial charge is 0.497 e. The van der Waals surface area contributed by atoms with E-state index in [1.165, 1.54) is 0 Å². The highest BCUT2D eigenvalue weighted by atomic mass is 32.2. The summed E-state index contributed by atoms with van der Waals surface area (Å²) < 4.78 is 16.2. The lowest BCUT2D eigenvalue weighted by atomic mass is 10.1. The highest BCUT2D eigenvalue weighted by molar-refractivity contribution is 7.99. The molecular formula is C21H25NO4S. The average Bonchev–Trinajstić information content (AvgIpc) is 3.17. The van der Waals surface area contributed by atoms with Gasteiger partial charge in [0.2, 0.25) is 5.91 Å². The third-order valence-electron chi connectivity index (χ3n) is 4.73. The first-order valence-electron chi connectivity index (χ1n) is 8.84. The van der Waals surface area contributed by atoms with Crippen LogP contribution >= 0.6 is 11.8 Å². The molecule has 1 aliphatic rings. The monoisotopic (exact) mass is 387 g/mol. The van der Waals surface area contributed by atoms with E-state index in [9.17, 15) is 4.79 Å². The van der Waals surface area contributed by atoms with Crippen molar-refractivity contribution in [2.24, 2.45) is 0 Å². The molecule has 0 spiro atoms. The van der Waals surface area contributed by atoms with Gasteiger partial charge >= 0.3 is 0 Å². The van der Waals surface area contributed by atoms with Crippen LogP contribution in [0.1, 0.15) is 22.1 Å². The van der Waals surface area contributed by atoms with Crippen molar-refractivity contribution in [3.05, 3.63) is 53.1 Å². The molecule has 1 fully saturated rings. The molecule has 1 heterocycles. The number of hydrogen-bond donors (Lipinski definition) is 0. The number of amides is 1. The van der Waals surface area contributed by atoms with Gasteiger partial charge in [-0.15, -0.1) is 11.8 Å². The fraction of sp³-hybridized carbons (Fsp3) is 0.381. The predicted octanol–water partition coefficient (Wildman–Crippen LogP) is 3.84. The van der Waals surface area contributed by atoms with Crippen LogP contribution in [-0.4, -0.2) is 44.4 Å². The summed E-state index contributed by atoms with van der Waals surface area (Å²) in [6.45, 7) is 2.71. The van der Waals surface area contributed by atoms with Gasteiger partial charge in [0.05, 0.1) is 27.8 Å². The molecule has 5 nitrogen and oxygen atoms in total. The van der Waals surface area contributed by atoms with Crippen LogP contribution in [0.3, 0.4) is 0 Å². The second kappa shape index (κ2) is 8.57. The number of nitrogens with zero attached hydrogens (tertiary/aromatic N) is 1. The Bertz CT molecular complexity index is 824. The van der Waals surface area contributed by atoms with Crippen LogP contribution in [0.15, 0.2) is 36.4 Å². The van der Waals surface area contributed by atoms with Crippen LogP contribution in [0.25, 0.3) is 0 Å². The Balaban J connectivity index is 1.82. The smallest absolute Gasteiger partial charge is 0.228 e. The molecule has 0 saturated carbocycles. The minimum Gasteiger partial charge on any atom is -0.497 e. The van der Waals surface area contributed by atoms with E-state index in [-0.39, 0.29) is 11.3 Å². The number of aryl methyl sites for hydroxylation is 1. The molecule has 1 aliphatic heterocycles. The highest BCUT2D eigenvalue weighted by Gasteiger charge is 2.32. The van der Waals surface area contributed by atoms with E-state index in [2.05, 4.69) is 0 Å². The summed E-state index contributed by atoms with van der Waals surface area (Å²) in [4.78, 5) is 15.0. The van der Waals surface area contributed by atoms with Crippen molar-refractivity contribution in [2.75, 3.05) is 33.6 Å². The Morgan fingerprint density at radius 3 is 2.48 bits per heavy atom. The highest BCUT2D eigenvalue weighted by Crippen LogP contribution is 2.43. The fourth-order valence-corrected chi connectivity index (χ4v) is 4.63. The van der Waals surface area contributed by atoms with Gasteiger partial charge in [-0.3, -0.25) is 4.79 Å². The van der Waals surface area contributed by atoms with Crippen molar-refractivity contribution in [3.63, 3.8) is 0 Å². The number of benzene rings is 2. The molecule has 1 unspecified atom stereocenters. The first-order chi connectivity index (χ1) is 13.1. The van der Waals surface area contributed by atoms with Crippen molar-refractivity contribution in [2.45, 2.75) is 18.7 Å². The molecule has 0 bridgehead atoms. The summed E-state index contributed by atoms with van der Waals surface area (Å²) in [5.41, 5.74) is 3.00. The average molecular weight is 388 g/mol. The summed E-state index contributed by atoms with van der Waals surface area (Å²) in [5, 5.41) is -0.0677. The molecular weight excluding hydrogens is 362 g/mol. The zero-order chi connectivity index (χ0) is 19.4.